The first-order valence-electron chi connectivity index (χ1n) is 7.93. The molecule has 1 saturated heterocycles. The molecular formula is C16H22N2O4S. The van der Waals surface area contributed by atoms with Crippen LogP contribution in [-0.2, 0) is 14.8 Å². The van der Waals surface area contributed by atoms with E-state index in [1.54, 1.807) is 12.1 Å². The Morgan fingerprint density at radius 2 is 2.13 bits per heavy atom. The summed E-state index contributed by atoms with van der Waals surface area (Å²) >= 11 is 0. The second-order valence-corrected chi connectivity index (χ2v) is 8.04. The lowest BCUT2D eigenvalue weighted by Crippen LogP contribution is -2.37. The molecular weight excluding hydrogens is 316 g/mol. The molecule has 0 bridgehead atoms. The number of hydrogen-bond acceptors (Lipinski definition) is 4. The quantitative estimate of drug-likeness (QED) is 0.847. The number of benzene rings is 1. The number of amides is 1. The van der Waals surface area contributed by atoms with Gasteiger partial charge < -0.3 is 9.64 Å². The van der Waals surface area contributed by atoms with Crippen molar-refractivity contribution in [3.05, 3.63) is 29.8 Å². The van der Waals surface area contributed by atoms with E-state index >= 15 is 0 Å². The van der Waals surface area contributed by atoms with Gasteiger partial charge in [-0.1, -0.05) is 6.07 Å². The van der Waals surface area contributed by atoms with Gasteiger partial charge in [0, 0.05) is 30.7 Å². The molecule has 126 valence electrons. The van der Waals surface area contributed by atoms with Gasteiger partial charge in [-0.25, -0.2) is 13.1 Å². The normalized spacial score (nSPS) is 21.3. The third-order valence-electron chi connectivity index (χ3n) is 4.39. The van der Waals surface area contributed by atoms with Crippen LogP contribution >= 0.6 is 0 Å². The van der Waals surface area contributed by atoms with Crippen LogP contribution in [0.15, 0.2) is 29.2 Å². The van der Waals surface area contributed by atoms with Crippen molar-refractivity contribution < 1.29 is 17.9 Å². The van der Waals surface area contributed by atoms with Crippen molar-refractivity contribution in [2.75, 3.05) is 26.8 Å². The molecule has 1 amide bonds. The van der Waals surface area contributed by atoms with Crippen LogP contribution < -0.4 is 4.72 Å². The predicted octanol–water partition coefficient (Wildman–Crippen LogP) is 1.24. The summed E-state index contributed by atoms with van der Waals surface area (Å²) in [5.41, 5.74) is 0.423. The summed E-state index contributed by atoms with van der Waals surface area (Å²) in [5, 5.41) is 0. The molecule has 0 spiro atoms. The van der Waals surface area contributed by atoms with Gasteiger partial charge in [0.05, 0.1) is 11.5 Å². The largest absolute Gasteiger partial charge is 0.381 e. The average Bonchev–Trinajstić information content (AvgIpc) is 3.28. The second kappa shape index (κ2) is 6.59. The minimum absolute atomic E-state index is 0.0902. The highest BCUT2D eigenvalue weighted by atomic mass is 32.2. The van der Waals surface area contributed by atoms with Crippen LogP contribution in [0.4, 0.5) is 0 Å². The van der Waals surface area contributed by atoms with Crippen LogP contribution in [0.1, 0.15) is 29.6 Å². The van der Waals surface area contributed by atoms with Gasteiger partial charge in [-0.15, -0.1) is 0 Å². The predicted molar refractivity (Wildman–Crippen MR) is 85.7 cm³/mol. The first-order valence-corrected chi connectivity index (χ1v) is 9.42. The summed E-state index contributed by atoms with van der Waals surface area (Å²) in [6, 6.07) is 6.52. The molecule has 2 fully saturated rings. The Balaban J connectivity index is 1.81. The molecule has 1 N–H and O–H groups in total. The minimum atomic E-state index is -3.55. The van der Waals surface area contributed by atoms with Crippen molar-refractivity contribution in [2.45, 2.75) is 30.2 Å². The van der Waals surface area contributed by atoms with Gasteiger partial charge in [0.1, 0.15) is 0 Å². The topological polar surface area (TPSA) is 75.7 Å². The summed E-state index contributed by atoms with van der Waals surface area (Å²) < 4.78 is 31.5. The Labute approximate surface area is 136 Å². The van der Waals surface area contributed by atoms with Crippen molar-refractivity contribution in [2.24, 2.45) is 5.92 Å². The van der Waals surface area contributed by atoms with Gasteiger partial charge in [0.15, 0.2) is 0 Å². The van der Waals surface area contributed by atoms with Gasteiger partial charge >= 0.3 is 0 Å². The van der Waals surface area contributed by atoms with Crippen LogP contribution in [0.2, 0.25) is 0 Å². The Kier molecular flexibility index (Phi) is 4.70. The second-order valence-electron chi connectivity index (χ2n) is 6.15. The van der Waals surface area contributed by atoms with Crippen LogP contribution in [-0.4, -0.2) is 52.1 Å². The van der Waals surface area contributed by atoms with Crippen LogP contribution in [0, 0.1) is 5.92 Å². The molecule has 7 heteroatoms. The van der Waals surface area contributed by atoms with Gasteiger partial charge in [0.2, 0.25) is 10.0 Å². The Morgan fingerprint density at radius 3 is 2.74 bits per heavy atom. The number of nitrogens with one attached hydrogen (secondary N) is 1. The monoisotopic (exact) mass is 338 g/mol. The van der Waals surface area contributed by atoms with Crippen molar-refractivity contribution in [1.82, 2.24) is 9.62 Å². The molecule has 1 atom stereocenters. The van der Waals surface area contributed by atoms with E-state index in [1.807, 2.05) is 4.90 Å². The van der Waals surface area contributed by atoms with Crippen molar-refractivity contribution in [3.63, 3.8) is 0 Å². The molecule has 6 nitrogen and oxygen atoms in total. The molecule has 0 unspecified atom stereocenters. The Hall–Kier alpha value is -1.44. The molecule has 1 aromatic carbocycles. The van der Waals surface area contributed by atoms with Gasteiger partial charge in [0.25, 0.3) is 5.91 Å². The molecule has 1 saturated carbocycles. The number of hydrogen-bond donors (Lipinski definition) is 1. The van der Waals surface area contributed by atoms with Crippen molar-refractivity contribution in [1.29, 1.82) is 0 Å². The zero-order valence-corrected chi connectivity index (χ0v) is 14.0. The van der Waals surface area contributed by atoms with E-state index < -0.39 is 10.0 Å². The lowest BCUT2D eigenvalue weighted by molar-refractivity contribution is 0.0706. The van der Waals surface area contributed by atoms with E-state index in [-0.39, 0.29) is 16.8 Å². The first kappa shape index (κ1) is 16.4. The van der Waals surface area contributed by atoms with Crippen molar-refractivity contribution >= 4 is 15.9 Å². The molecule has 0 aromatic heterocycles. The molecule has 1 heterocycles. The fourth-order valence-electron chi connectivity index (χ4n) is 2.87. The van der Waals surface area contributed by atoms with E-state index in [1.165, 1.54) is 19.2 Å². The Bertz CT molecular complexity index is 679. The molecule has 1 aliphatic carbocycles. The van der Waals surface area contributed by atoms with E-state index in [9.17, 15) is 13.2 Å². The zero-order chi connectivity index (χ0) is 16.4. The lowest BCUT2D eigenvalue weighted by Gasteiger charge is -2.25. The highest BCUT2D eigenvalue weighted by molar-refractivity contribution is 7.89. The number of carbonyl (C=O) groups excluding carboxylic acids is 1. The van der Waals surface area contributed by atoms with E-state index in [4.69, 9.17) is 4.74 Å². The maximum atomic E-state index is 12.9. The third-order valence-corrected chi connectivity index (χ3v) is 5.80. The van der Waals surface area contributed by atoms with E-state index in [2.05, 4.69) is 4.72 Å². The molecule has 2 aliphatic rings. The van der Waals surface area contributed by atoms with Gasteiger partial charge in [-0.3, -0.25) is 4.79 Å². The smallest absolute Gasteiger partial charge is 0.254 e. The number of rotatable bonds is 6. The molecule has 1 aromatic rings. The van der Waals surface area contributed by atoms with E-state index in [0.29, 0.717) is 24.6 Å². The fourth-order valence-corrected chi connectivity index (χ4v) is 3.65. The molecule has 0 radical (unpaired) electrons. The number of nitrogens with zero attached hydrogens (tertiary/aromatic N) is 1. The molecule has 3 rings (SSSR count). The van der Waals surface area contributed by atoms with Gasteiger partial charge in [-0.05, 0) is 44.5 Å². The summed E-state index contributed by atoms with van der Waals surface area (Å²) in [6.45, 7) is 2.14. The third kappa shape index (κ3) is 3.73. The maximum absolute atomic E-state index is 12.9. The Morgan fingerprint density at radius 1 is 1.35 bits per heavy atom. The summed E-state index contributed by atoms with van der Waals surface area (Å²) in [5.74, 6) is 0.288. The molecule has 1 aliphatic heterocycles. The zero-order valence-electron chi connectivity index (χ0n) is 13.2. The van der Waals surface area contributed by atoms with Crippen molar-refractivity contribution in [3.8, 4) is 0 Å². The maximum Gasteiger partial charge on any atom is 0.254 e. The minimum Gasteiger partial charge on any atom is -0.381 e. The highest BCUT2D eigenvalue weighted by Gasteiger charge is 2.35. The van der Waals surface area contributed by atoms with Crippen LogP contribution in [0.5, 0.6) is 0 Å². The van der Waals surface area contributed by atoms with Crippen LogP contribution in [0.25, 0.3) is 0 Å². The number of ether oxygens (including phenoxy) is 1. The average molecular weight is 338 g/mol. The summed E-state index contributed by atoms with van der Waals surface area (Å²) in [4.78, 5) is 14.9. The van der Waals surface area contributed by atoms with E-state index in [0.717, 1.165) is 25.9 Å². The van der Waals surface area contributed by atoms with Crippen LogP contribution in [0.3, 0.4) is 0 Å². The number of carbonyl (C=O) groups is 1. The number of sulfonamides is 1. The fraction of sp³-hybridized carbons (Fsp3) is 0.562. The summed E-state index contributed by atoms with van der Waals surface area (Å²) in [6.07, 6.45) is 3.02. The summed E-state index contributed by atoms with van der Waals surface area (Å²) in [7, 11) is -2.19. The highest BCUT2D eigenvalue weighted by Crippen LogP contribution is 2.30. The standard InChI is InChI=1S/C16H22N2O4S/c1-17-23(20,21)15-4-2-3-13(9-15)16(19)18(14-5-6-14)10-12-7-8-22-11-12/h2-4,9,12,14,17H,5-8,10-11H2,1H3/t12-/m1/s1. The first-order chi connectivity index (χ1) is 11.0. The SMILES string of the molecule is CNS(=O)(=O)c1cccc(C(=O)N(C[C@H]2CCOC2)C2CC2)c1. The van der Waals surface area contributed by atoms with Gasteiger partial charge in [-0.2, -0.15) is 0 Å². The lowest BCUT2D eigenvalue weighted by atomic mass is 10.1. The molecule has 23 heavy (non-hydrogen) atoms.